The van der Waals surface area contributed by atoms with E-state index in [0.29, 0.717) is 12.0 Å². The van der Waals surface area contributed by atoms with Crippen molar-refractivity contribution in [3.05, 3.63) is 0 Å². The molecule has 0 bridgehead atoms. The molecule has 2 aliphatic rings. The van der Waals surface area contributed by atoms with Gasteiger partial charge in [0.05, 0.1) is 5.75 Å². The molecule has 0 aromatic rings. The van der Waals surface area contributed by atoms with Crippen molar-refractivity contribution in [3.8, 4) is 0 Å². The average molecular weight is 274 g/mol. The highest BCUT2D eigenvalue weighted by atomic mass is 32.2. The lowest BCUT2D eigenvalue weighted by molar-refractivity contribution is 0.102. The summed E-state index contributed by atoms with van der Waals surface area (Å²) >= 11 is 0. The van der Waals surface area contributed by atoms with Gasteiger partial charge in [0.2, 0.25) is 10.0 Å². The molecule has 2 rings (SSSR count). The van der Waals surface area contributed by atoms with E-state index in [1.54, 1.807) is 11.4 Å². The van der Waals surface area contributed by atoms with Crippen molar-refractivity contribution in [2.75, 3.05) is 32.4 Å². The first kappa shape index (κ1) is 14.3. The van der Waals surface area contributed by atoms with Crippen molar-refractivity contribution in [2.24, 2.45) is 5.41 Å². The zero-order valence-electron chi connectivity index (χ0n) is 11.5. The molecule has 1 N–H and O–H groups in total. The topological polar surface area (TPSA) is 49.4 Å². The summed E-state index contributed by atoms with van der Waals surface area (Å²) in [6, 6.07) is 0. The lowest BCUT2D eigenvalue weighted by Gasteiger charge is -2.43. The van der Waals surface area contributed by atoms with Crippen LogP contribution in [0, 0.1) is 5.41 Å². The van der Waals surface area contributed by atoms with Crippen LogP contribution in [0.5, 0.6) is 0 Å². The van der Waals surface area contributed by atoms with Gasteiger partial charge < -0.3 is 5.32 Å². The van der Waals surface area contributed by atoms with Gasteiger partial charge in [-0.3, -0.25) is 0 Å². The van der Waals surface area contributed by atoms with Gasteiger partial charge in [-0.1, -0.05) is 19.3 Å². The maximum Gasteiger partial charge on any atom is 0.215 e. The summed E-state index contributed by atoms with van der Waals surface area (Å²) in [5.74, 6) is 0.233. The van der Waals surface area contributed by atoms with Crippen LogP contribution in [0.1, 0.15) is 44.9 Å². The second-order valence-electron chi connectivity index (χ2n) is 5.88. The first-order valence-electron chi connectivity index (χ1n) is 7.20. The molecule has 1 saturated heterocycles. The monoisotopic (exact) mass is 274 g/mol. The molecule has 1 spiro atoms. The largest absolute Gasteiger partial charge is 0.319 e. The number of nitrogens with zero attached hydrogens (tertiary/aromatic N) is 1. The predicted molar refractivity (Wildman–Crippen MR) is 74.0 cm³/mol. The van der Waals surface area contributed by atoms with Crippen LogP contribution in [0.25, 0.3) is 0 Å². The number of piperidine rings is 1. The van der Waals surface area contributed by atoms with E-state index >= 15 is 0 Å². The molecule has 0 aromatic carbocycles. The predicted octanol–water partition coefficient (Wildman–Crippen LogP) is 1.58. The average Bonchev–Trinajstić information content (AvgIpc) is 2.38. The van der Waals surface area contributed by atoms with E-state index in [2.05, 4.69) is 5.32 Å². The lowest BCUT2D eigenvalue weighted by atomic mass is 9.68. The quantitative estimate of drug-likeness (QED) is 0.847. The highest BCUT2D eigenvalue weighted by Gasteiger charge is 2.38. The number of nitrogens with one attached hydrogen (secondary N) is 1. The second kappa shape index (κ2) is 5.88. The van der Waals surface area contributed by atoms with Gasteiger partial charge in [-0.2, -0.15) is 0 Å². The molecule has 5 heteroatoms. The molecule has 1 saturated carbocycles. The Kier molecular flexibility index (Phi) is 4.67. The van der Waals surface area contributed by atoms with E-state index in [1.165, 1.54) is 32.1 Å². The van der Waals surface area contributed by atoms with E-state index < -0.39 is 10.0 Å². The second-order valence-corrected chi connectivity index (χ2v) is 7.97. The maximum atomic E-state index is 12.1. The number of rotatable bonds is 4. The fourth-order valence-electron chi connectivity index (χ4n) is 3.40. The summed E-state index contributed by atoms with van der Waals surface area (Å²) in [6.07, 6.45) is 8.83. The number of hydrogen-bond donors (Lipinski definition) is 1. The van der Waals surface area contributed by atoms with Crippen LogP contribution in [0.2, 0.25) is 0 Å². The molecule has 0 atom stereocenters. The van der Waals surface area contributed by atoms with Crippen molar-refractivity contribution >= 4 is 10.0 Å². The molecule has 2 fully saturated rings. The normalized spacial score (nSPS) is 25.4. The van der Waals surface area contributed by atoms with Crippen molar-refractivity contribution in [1.82, 2.24) is 9.62 Å². The molecule has 106 valence electrons. The summed E-state index contributed by atoms with van der Waals surface area (Å²) in [6.45, 7) is 2.03. The van der Waals surface area contributed by atoms with Crippen LogP contribution in [-0.2, 0) is 10.0 Å². The Bertz CT molecular complexity index is 351. The third-order valence-electron chi connectivity index (χ3n) is 4.70. The maximum absolute atomic E-state index is 12.1. The molecule has 0 amide bonds. The summed E-state index contributed by atoms with van der Waals surface area (Å²) in [5.41, 5.74) is 0.479. The Morgan fingerprint density at radius 1 is 1.06 bits per heavy atom. The van der Waals surface area contributed by atoms with Crippen LogP contribution in [-0.4, -0.2) is 45.2 Å². The van der Waals surface area contributed by atoms with Crippen LogP contribution >= 0.6 is 0 Å². The minimum Gasteiger partial charge on any atom is -0.319 e. The number of sulfonamides is 1. The van der Waals surface area contributed by atoms with Gasteiger partial charge in [0, 0.05) is 19.6 Å². The first-order chi connectivity index (χ1) is 8.58. The highest BCUT2D eigenvalue weighted by Crippen LogP contribution is 2.44. The standard InChI is InChI=1S/C13H26N2O2S/c1-14-9-12-18(16,17)15-10-7-13(8-11-15)5-3-2-4-6-13/h14H,2-12H2,1H3. The first-order valence-corrected chi connectivity index (χ1v) is 8.81. The fourth-order valence-corrected chi connectivity index (χ4v) is 4.86. The molecule has 0 aromatic heterocycles. The Morgan fingerprint density at radius 2 is 1.67 bits per heavy atom. The molecule has 0 radical (unpaired) electrons. The third-order valence-corrected chi connectivity index (χ3v) is 6.57. The summed E-state index contributed by atoms with van der Waals surface area (Å²) < 4.78 is 25.9. The molecule has 1 heterocycles. The Labute approximate surface area is 111 Å². The Morgan fingerprint density at radius 3 is 2.22 bits per heavy atom. The molecule has 4 nitrogen and oxygen atoms in total. The van der Waals surface area contributed by atoms with E-state index in [1.807, 2.05) is 0 Å². The van der Waals surface area contributed by atoms with Gasteiger partial charge in [0.1, 0.15) is 0 Å². The molecule has 1 aliphatic carbocycles. The van der Waals surface area contributed by atoms with Gasteiger partial charge in [-0.05, 0) is 38.1 Å². The minimum atomic E-state index is -3.03. The minimum absolute atomic E-state index is 0.233. The van der Waals surface area contributed by atoms with Crippen LogP contribution in [0.4, 0.5) is 0 Å². The molecular weight excluding hydrogens is 248 g/mol. The van der Waals surface area contributed by atoms with Crippen molar-refractivity contribution in [1.29, 1.82) is 0 Å². The van der Waals surface area contributed by atoms with E-state index in [9.17, 15) is 8.42 Å². The van der Waals surface area contributed by atoms with Crippen molar-refractivity contribution < 1.29 is 8.42 Å². The van der Waals surface area contributed by atoms with E-state index in [-0.39, 0.29) is 5.75 Å². The van der Waals surface area contributed by atoms with Gasteiger partial charge in [-0.25, -0.2) is 12.7 Å². The van der Waals surface area contributed by atoms with Gasteiger partial charge in [-0.15, -0.1) is 0 Å². The Hall–Kier alpha value is -0.130. The van der Waals surface area contributed by atoms with Crippen molar-refractivity contribution in [2.45, 2.75) is 44.9 Å². The van der Waals surface area contributed by atoms with Crippen LogP contribution < -0.4 is 5.32 Å². The molecular formula is C13H26N2O2S. The Balaban J connectivity index is 1.89. The molecule has 1 aliphatic heterocycles. The fraction of sp³-hybridized carbons (Fsp3) is 1.00. The molecule has 0 unspecified atom stereocenters. The zero-order chi connectivity index (χ0) is 13.1. The number of hydrogen-bond acceptors (Lipinski definition) is 3. The van der Waals surface area contributed by atoms with E-state index in [0.717, 1.165) is 25.9 Å². The van der Waals surface area contributed by atoms with Gasteiger partial charge in [0.15, 0.2) is 0 Å². The van der Waals surface area contributed by atoms with Crippen LogP contribution in [0.3, 0.4) is 0 Å². The smallest absolute Gasteiger partial charge is 0.215 e. The summed E-state index contributed by atoms with van der Waals surface area (Å²) in [4.78, 5) is 0. The molecule has 18 heavy (non-hydrogen) atoms. The van der Waals surface area contributed by atoms with Gasteiger partial charge in [0.25, 0.3) is 0 Å². The summed E-state index contributed by atoms with van der Waals surface area (Å²) in [7, 11) is -1.24. The SMILES string of the molecule is CNCCS(=O)(=O)N1CCC2(CCCCC2)CC1. The summed E-state index contributed by atoms with van der Waals surface area (Å²) in [5, 5.41) is 2.91. The zero-order valence-corrected chi connectivity index (χ0v) is 12.3. The van der Waals surface area contributed by atoms with Crippen LogP contribution in [0.15, 0.2) is 0 Å². The lowest BCUT2D eigenvalue weighted by Crippen LogP contribution is -2.45. The highest BCUT2D eigenvalue weighted by molar-refractivity contribution is 7.89. The van der Waals surface area contributed by atoms with Gasteiger partial charge >= 0.3 is 0 Å². The van der Waals surface area contributed by atoms with E-state index in [4.69, 9.17) is 0 Å². The van der Waals surface area contributed by atoms with Crippen molar-refractivity contribution in [3.63, 3.8) is 0 Å². The third kappa shape index (κ3) is 3.25.